The lowest BCUT2D eigenvalue weighted by Gasteiger charge is -2.31. The van der Waals surface area contributed by atoms with E-state index in [9.17, 15) is 9.59 Å². The van der Waals surface area contributed by atoms with Gasteiger partial charge in [0, 0.05) is 23.8 Å². The van der Waals surface area contributed by atoms with Gasteiger partial charge < -0.3 is 10.1 Å². The number of fused-ring (bicyclic) bond motifs is 1. The van der Waals surface area contributed by atoms with Crippen LogP contribution in [0.15, 0.2) is 66.0 Å². The Morgan fingerprint density at radius 1 is 1.12 bits per heavy atom. The number of rotatable bonds is 7. The monoisotopic (exact) mass is 451 g/mol. The molecule has 8 nitrogen and oxygen atoms in total. The van der Waals surface area contributed by atoms with Crippen LogP contribution >= 0.6 is 11.8 Å². The minimum Gasteiger partial charge on any atom is -0.494 e. The van der Waals surface area contributed by atoms with Gasteiger partial charge >= 0.3 is 0 Å². The maximum atomic E-state index is 13.0. The predicted molar refractivity (Wildman–Crippen MR) is 127 cm³/mol. The number of hydrogen-bond donors (Lipinski definition) is 2. The fourth-order valence-corrected chi connectivity index (χ4v) is 4.12. The Morgan fingerprint density at radius 3 is 2.56 bits per heavy atom. The molecule has 166 valence electrons. The van der Waals surface area contributed by atoms with Crippen LogP contribution in [0.1, 0.15) is 19.4 Å². The number of amidine groups is 1. The molecule has 2 N–H and O–H groups in total. The number of hydrazone groups is 1. The van der Waals surface area contributed by atoms with Gasteiger partial charge in [0.2, 0.25) is 12.1 Å². The Labute approximate surface area is 191 Å². The van der Waals surface area contributed by atoms with Gasteiger partial charge in [-0.1, -0.05) is 30.8 Å². The van der Waals surface area contributed by atoms with E-state index in [4.69, 9.17) is 4.74 Å². The molecule has 2 aliphatic heterocycles. The van der Waals surface area contributed by atoms with E-state index in [-0.39, 0.29) is 17.6 Å². The van der Waals surface area contributed by atoms with Crippen molar-refractivity contribution >= 4 is 40.1 Å². The van der Waals surface area contributed by atoms with Crippen molar-refractivity contribution in [2.45, 2.75) is 26.4 Å². The van der Waals surface area contributed by atoms with Crippen LogP contribution < -0.4 is 20.4 Å². The van der Waals surface area contributed by atoms with Crippen molar-refractivity contribution < 1.29 is 14.3 Å². The van der Waals surface area contributed by atoms with Gasteiger partial charge in [-0.05, 0) is 55.3 Å². The Bertz CT molecular complexity index is 1040. The van der Waals surface area contributed by atoms with Crippen LogP contribution in [0.3, 0.4) is 0 Å². The van der Waals surface area contributed by atoms with Gasteiger partial charge in [-0.3, -0.25) is 24.8 Å². The van der Waals surface area contributed by atoms with Crippen molar-refractivity contribution in [3.8, 4) is 5.75 Å². The molecule has 1 unspecified atom stereocenters. The summed E-state index contributed by atoms with van der Waals surface area (Å²) in [7, 11) is 0. The molecule has 9 heteroatoms. The van der Waals surface area contributed by atoms with Crippen LogP contribution in [0.4, 0.5) is 11.4 Å². The minimum atomic E-state index is -0.640. The highest BCUT2D eigenvalue weighted by molar-refractivity contribution is 8.14. The first kappa shape index (κ1) is 21.8. The maximum Gasteiger partial charge on any atom is 0.276 e. The molecule has 2 amide bonds. The summed E-state index contributed by atoms with van der Waals surface area (Å²) in [5.74, 6) is 0.654. The lowest BCUT2D eigenvalue weighted by Crippen LogP contribution is -2.52. The molecule has 1 atom stereocenters. The highest BCUT2D eigenvalue weighted by Crippen LogP contribution is 2.27. The summed E-state index contributed by atoms with van der Waals surface area (Å²) in [5, 5.41) is 7.71. The zero-order chi connectivity index (χ0) is 22.5. The second-order valence-electron chi connectivity index (χ2n) is 7.15. The molecule has 2 aromatic rings. The third kappa shape index (κ3) is 4.72. The largest absolute Gasteiger partial charge is 0.494 e. The first-order valence-electron chi connectivity index (χ1n) is 10.5. The van der Waals surface area contributed by atoms with E-state index in [0.717, 1.165) is 23.5 Å². The van der Waals surface area contributed by atoms with Gasteiger partial charge in [-0.2, -0.15) is 5.10 Å². The van der Waals surface area contributed by atoms with Crippen molar-refractivity contribution in [1.29, 1.82) is 0 Å². The van der Waals surface area contributed by atoms with E-state index in [1.54, 1.807) is 22.2 Å². The lowest BCUT2D eigenvalue weighted by molar-refractivity contribution is -0.122. The Hall–Kier alpha value is -3.46. The van der Waals surface area contributed by atoms with E-state index >= 15 is 0 Å². The normalized spacial score (nSPS) is 17.0. The van der Waals surface area contributed by atoms with Crippen LogP contribution in [0, 0.1) is 0 Å². The van der Waals surface area contributed by atoms with Gasteiger partial charge in [0.25, 0.3) is 5.91 Å². The highest BCUT2D eigenvalue weighted by atomic mass is 32.2. The molecule has 0 fully saturated rings. The smallest absolute Gasteiger partial charge is 0.276 e. The molecule has 0 bridgehead atoms. The quantitative estimate of drug-likeness (QED) is 0.672. The van der Waals surface area contributed by atoms with Crippen molar-refractivity contribution in [2.24, 2.45) is 5.10 Å². The Kier molecular flexibility index (Phi) is 6.65. The van der Waals surface area contributed by atoms with E-state index in [1.165, 1.54) is 17.3 Å². The summed E-state index contributed by atoms with van der Waals surface area (Å²) >= 11 is 1.27. The van der Waals surface area contributed by atoms with E-state index in [0.29, 0.717) is 11.8 Å². The number of hydrogen-bond acceptors (Lipinski definition) is 7. The van der Waals surface area contributed by atoms with Crippen LogP contribution in [0.2, 0.25) is 0 Å². The molecule has 32 heavy (non-hydrogen) atoms. The van der Waals surface area contributed by atoms with E-state index in [2.05, 4.69) is 22.8 Å². The number of benzene rings is 2. The fourth-order valence-electron chi connectivity index (χ4n) is 3.36. The lowest BCUT2D eigenvalue weighted by atomic mass is 10.1. The van der Waals surface area contributed by atoms with Gasteiger partial charge in [-0.15, -0.1) is 0 Å². The topological polar surface area (TPSA) is 86.3 Å². The Morgan fingerprint density at radius 2 is 1.88 bits per heavy atom. The van der Waals surface area contributed by atoms with Crippen LogP contribution in [-0.4, -0.2) is 40.4 Å². The van der Waals surface area contributed by atoms with Crippen molar-refractivity contribution in [3.05, 3.63) is 66.5 Å². The molecular weight excluding hydrogens is 426 g/mol. The van der Waals surface area contributed by atoms with Crippen molar-refractivity contribution in [1.82, 2.24) is 10.3 Å². The summed E-state index contributed by atoms with van der Waals surface area (Å²) < 4.78 is 5.46. The molecule has 0 aliphatic carbocycles. The SMILES string of the molecule is CCOc1ccc(N2C=CN3C(SCC(=O)Nc4ccc(CC)cc4)=NNC3C2=O)cc1. The molecule has 2 aliphatic rings. The van der Waals surface area contributed by atoms with Crippen molar-refractivity contribution in [2.75, 3.05) is 22.6 Å². The molecule has 0 spiro atoms. The number of thioether (sulfide) groups is 1. The van der Waals surface area contributed by atoms with Crippen LogP contribution in [0.5, 0.6) is 5.75 Å². The standard InChI is InChI=1S/C23H25N5O3S/c1-3-16-5-7-17(8-6-16)24-20(29)15-32-23-26-25-21-22(30)27(13-14-28(21)23)18-9-11-19(12-10-18)31-4-2/h5-14,21,25H,3-4,15H2,1-2H3,(H,24,29). The summed E-state index contributed by atoms with van der Waals surface area (Å²) in [6, 6.07) is 15.1. The van der Waals surface area contributed by atoms with E-state index < -0.39 is 6.17 Å². The Balaban J connectivity index is 1.34. The number of nitrogens with one attached hydrogen (secondary N) is 2. The molecule has 0 saturated heterocycles. The van der Waals surface area contributed by atoms with Gasteiger partial charge in [0.15, 0.2) is 5.17 Å². The summed E-state index contributed by atoms with van der Waals surface area (Å²) in [6.45, 7) is 4.60. The molecule has 2 heterocycles. The summed E-state index contributed by atoms with van der Waals surface area (Å²) in [4.78, 5) is 28.6. The number of nitrogens with zero attached hydrogens (tertiary/aromatic N) is 3. The fraction of sp³-hybridized carbons (Fsp3) is 0.261. The summed E-state index contributed by atoms with van der Waals surface area (Å²) in [6.07, 6.45) is 3.80. The van der Waals surface area contributed by atoms with Gasteiger partial charge in [0.05, 0.1) is 12.4 Å². The molecule has 4 rings (SSSR count). The zero-order valence-electron chi connectivity index (χ0n) is 17.9. The van der Waals surface area contributed by atoms with Crippen LogP contribution in [0.25, 0.3) is 0 Å². The number of carbonyl (C=O) groups is 2. The second kappa shape index (κ2) is 9.78. The minimum absolute atomic E-state index is 0.131. The maximum absolute atomic E-state index is 13.0. The number of anilines is 2. The van der Waals surface area contributed by atoms with Gasteiger partial charge in [-0.25, -0.2) is 0 Å². The number of carbonyl (C=O) groups excluding carboxylic acids is 2. The van der Waals surface area contributed by atoms with E-state index in [1.807, 2.05) is 55.5 Å². The van der Waals surface area contributed by atoms with Gasteiger partial charge in [0.1, 0.15) is 5.75 Å². The average molecular weight is 452 g/mol. The highest BCUT2D eigenvalue weighted by Gasteiger charge is 2.38. The molecule has 2 aromatic carbocycles. The number of amides is 2. The van der Waals surface area contributed by atoms with Crippen molar-refractivity contribution in [3.63, 3.8) is 0 Å². The number of ether oxygens (including phenoxy) is 1. The first-order chi connectivity index (χ1) is 15.6. The second-order valence-corrected chi connectivity index (χ2v) is 8.10. The third-order valence-electron chi connectivity index (χ3n) is 5.03. The molecule has 0 aromatic heterocycles. The average Bonchev–Trinajstić information content (AvgIpc) is 3.23. The number of aryl methyl sites for hydroxylation is 1. The molecule has 0 radical (unpaired) electrons. The zero-order valence-corrected chi connectivity index (χ0v) is 18.8. The third-order valence-corrected chi connectivity index (χ3v) is 6.00. The first-order valence-corrected chi connectivity index (χ1v) is 11.4. The molecule has 0 saturated carbocycles. The predicted octanol–water partition coefficient (Wildman–Crippen LogP) is 3.34. The molecular formula is C23H25N5O3S. The summed E-state index contributed by atoms with van der Waals surface area (Å²) in [5.41, 5.74) is 5.59. The van der Waals surface area contributed by atoms with Crippen LogP contribution in [-0.2, 0) is 16.0 Å².